The normalized spacial score (nSPS) is 11.8. The third kappa shape index (κ3) is 3.50. The third-order valence-corrected chi connectivity index (χ3v) is 3.37. The molecule has 2 aromatic heterocycles. The minimum atomic E-state index is -4.86. The van der Waals surface area contributed by atoms with Crippen molar-refractivity contribution in [2.75, 3.05) is 7.11 Å². The Kier molecular flexibility index (Phi) is 4.81. The maximum atomic E-state index is 13.1. The topological polar surface area (TPSA) is 66.1 Å². The summed E-state index contributed by atoms with van der Waals surface area (Å²) < 4.78 is 45.6. The molecule has 24 heavy (non-hydrogen) atoms. The van der Waals surface area contributed by atoms with Crippen LogP contribution >= 0.6 is 0 Å². The van der Waals surface area contributed by atoms with Crippen molar-refractivity contribution in [1.29, 1.82) is 0 Å². The standard InChI is InChI=1S/C15H16F3N3O3/c1-9(2)20-8-11(15(16,17)18)13(22)21(14(20)23)7-10-5-4-6-12(19-10)24-3/h4-6,8-9H,7H2,1-3H3. The first kappa shape index (κ1) is 17.8. The molecule has 0 spiro atoms. The van der Waals surface area contributed by atoms with Crippen LogP contribution in [0.4, 0.5) is 13.2 Å². The monoisotopic (exact) mass is 343 g/mol. The number of halogens is 3. The molecule has 6 nitrogen and oxygen atoms in total. The van der Waals surface area contributed by atoms with Crippen LogP contribution in [0.3, 0.4) is 0 Å². The summed E-state index contributed by atoms with van der Waals surface area (Å²) in [6, 6.07) is 4.07. The lowest BCUT2D eigenvalue weighted by Gasteiger charge is -2.16. The second-order valence-corrected chi connectivity index (χ2v) is 5.39. The van der Waals surface area contributed by atoms with Gasteiger partial charge in [0, 0.05) is 18.3 Å². The molecule has 0 aliphatic rings. The summed E-state index contributed by atoms with van der Waals surface area (Å²) in [4.78, 5) is 28.5. The van der Waals surface area contributed by atoms with Gasteiger partial charge in [0.2, 0.25) is 5.88 Å². The summed E-state index contributed by atoms with van der Waals surface area (Å²) in [7, 11) is 1.38. The molecule has 9 heteroatoms. The van der Waals surface area contributed by atoms with E-state index in [0.29, 0.717) is 10.8 Å². The van der Waals surface area contributed by atoms with Crippen LogP contribution in [0.15, 0.2) is 34.0 Å². The van der Waals surface area contributed by atoms with Crippen molar-refractivity contribution in [2.24, 2.45) is 0 Å². The van der Waals surface area contributed by atoms with E-state index in [1.807, 2.05) is 0 Å². The molecular formula is C15H16F3N3O3. The van der Waals surface area contributed by atoms with E-state index < -0.39 is 29.0 Å². The number of rotatable bonds is 4. The minimum Gasteiger partial charge on any atom is -0.481 e. The van der Waals surface area contributed by atoms with E-state index in [1.165, 1.54) is 13.2 Å². The van der Waals surface area contributed by atoms with Crippen molar-refractivity contribution in [1.82, 2.24) is 14.1 Å². The van der Waals surface area contributed by atoms with Crippen LogP contribution in [0, 0.1) is 0 Å². The molecule has 2 heterocycles. The second-order valence-electron chi connectivity index (χ2n) is 5.39. The minimum absolute atomic E-state index is 0.233. The Morgan fingerprint density at radius 3 is 2.46 bits per heavy atom. The van der Waals surface area contributed by atoms with E-state index in [-0.39, 0.29) is 18.1 Å². The number of methoxy groups -OCH3 is 1. The first-order valence-electron chi connectivity index (χ1n) is 7.08. The maximum Gasteiger partial charge on any atom is 0.423 e. The number of nitrogens with zero attached hydrogens (tertiary/aromatic N) is 3. The summed E-state index contributed by atoms with van der Waals surface area (Å²) in [5, 5.41) is 0. The van der Waals surface area contributed by atoms with Crippen LogP contribution in [-0.2, 0) is 12.7 Å². The van der Waals surface area contributed by atoms with Crippen LogP contribution < -0.4 is 16.0 Å². The Bertz CT molecular complexity index is 854. The second kappa shape index (κ2) is 6.50. The summed E-state index contributed by atoms with van der Waals surface area (Å²) >= 11 is 0. The number of hydrogen-bond donors (Lipinski definition) is 0. The SMILES string of the molecule is COc1cccc(Cn2c(=O)c(C(F)(F)F)cn(C(C)C)c2=O)n1. The van der Waals surface area contributed by atoms with Crippen LogP contribution in [0.5, 0.6) is 5.88 Å². The van der Waals surface area contributed by atoms with E-state index in [0.717, 1.165) is 4.57 Å². The van der Waals surface area contributed by atoms with Gasteiger partial charge in [-0.3, -0.25) is 13.9 Å². The molecule has 0 fully saturated rings. The van der Waals surface area contributed by atoms with Gasteiger partial charge >= 0.3 is 11.9 Å². The van der Waals surface area contributed by atoms with Crippen molar-refractivity contribution in [3.05, 3.63) is 56.5 Å². The van der Waals surface area contributed by atoms with Gasteiger partial charge in [-0.25, -0.2) is 9.78 Å². The van der Waals surface area contributed by atoms with E-state index >= 15 is 0 Å². The molecule has 0 aliphatic heterocycles. The van der Waals surface area contributed by atoms with Crippen molar-refractivity contribution < 1.29 is 17.9 Å². The molecule has 0 bridgehead atoms. The molecule has 0 atom stereocenters. The fourth-order valence-electron chi connectivity index (χ4n) is 2.15. The molecule has 0 radical (unpaired) electrons. The lowest BCUT2D eigenvalue weighted by Crippen LogP contribution is -2.44. The number of alkyl halides is 3. The lowest BCUT2D eigenvalue weighted by molar-refractivity contribution is -0.139. The van der Waals surface area contributed by atoms with Crippen molar-refractivity contribution in [3.63, 3.8) is 0 Å². The first-order valence-corrected chi connectivity index (χ1v) is 7.08. The summed E-state index contributed by atoms with van der Waals surface area (Å²) in [6.45, 7) is 2.73. The first-order chi connectivity index (χ1) is 11.1. The Morgan fingerprint density at radius 1 is 1.25 bits per heavy atom. The van der Waals surface area contributed by atoms with Crippen molar-refractivity contribution >= 4 is 0 Å². The maximum absolute atomic E-state index is 13.1. The summed E-state index contributed by atoms with van der Waals surface area (Å²) in [5.41, 5.74) is -3.37. The zero-order valence-corrected chi connectivity index (χ0v) is 13.3. The van der Waals surface area contributed by atoms with E-state index in [1.54, 1.807) is 26.0 Å². The predicted molar refractivity (Wildman–Crippen MR) is 80.2 cm³/mol. The van der Waals surface area contributed by atoms with Gasteiger partial charge in [-0.1, -0.05) is 6.07 Å². The van der Waals surface area contributed by atoms with Gasteiger partial charge in [0.25, 0.3) is 5.56 Å². The molecule has 2 rings (SSSR count). The quantitative estimate of drug-likeness (QED) is 0.852. The molecule has 0 N–H and O–H groups in total. The van der Waals surface area contributed by atoms with Gasteiger partial charge < -0.3 is 4.74 Å². The Labute approximate surface area is 135 Å². The zero-order valence-electron chi connectivity index (χ0n) is 13.3. The fraction of sp³-hybridized carbons (Fsp3) is 0.400. The zero-order chi connectivity index (χ0) is 18.1. The van der Waals surface area contributed by atoms with Gasteiger partial charge in [-0.2, -0.15) is 13.2 Å². The van der Waals surface area contributed by atoms with Crippen molar-refractivity contribution in [3.8, 4) is 5.88 Å². The molecule has 0 saturated carbocycles. The highest BCUT2D eigenvalue weighted by atomic mass is 19.4. The van der Waals surface area contributed by atoms with E-state index in [9.17, 15) is 22.8 Å². The number of pyridine rings is 1. The molecule has 130 valence electrons. The van der Waals surface area contributed by atoms with Gasteiger partial charge in [-0.05, 0) is 19.9 Å². The average Bonchev–Trinajstić information content (AvgIpc) is 2.50. The molecule has 0 amide bonds. The van der Waals surface area contributed by atoms with E-state index in [4.69, 9.17) is 4.74 Å². The Balaban J connectivity index is 2.66. The van der Waals surface area contributed by atoms with Crippen LogP contribution in [-0.4, -0.2) is 21.2 Å². The lowest BCUT2D eigenvalue weighted by atomic mass is 10.2. The van der Waals surface area contributed by atoms with Crippen LogP contribution in [0.2, 0.25) is 0 Å². The van der Waals surface area contributed by atoms with Gasteiger partial charge in [0.15, 0.2) is 0 Å². The highest BCUT2D eigenvalue weighted by Gasteiger charge is 2.36. The highest BCUT2D eigenvalue weighted by Crippen LogP contribution is 2.26. The van der Waals surface area contributed by atoms with Crippen LogP contribution in [0.25, 0.3) is 0 Å². The Morgan fingerprint density at radius 2 is 1.92 bits per heavy atom. The number of aromatic nitrogens is 3. The predicted octanol–water partition coefficient (Wildman–Crippen LogP) is 2.06. The molecule has 2 aromatic rings. The van der Waals surface area contributed by atoms with Crippen LogP contribution in [0.1, 0.15) is 31.1 Å². The van der Waals surface area contributed by atoms with Gasteiger partial charge in [0.1, 0.15) is 5.56 Å². The Hall–Kier alpha value is -2.58. The summed E-state index contributed by atoms with van der Waals surface area (Å²) in [6.07, 6.45) is -4.30. The molecular weight excluding hydrogens is 327 g/mol. The number of ether oxygens (including phenoxy) is 1. The van der Waals surface area contributed by atoms with E-state index in [2.05, 4.69) is 4.98 Å². The third-order valence-electron chi connectivity index (χ3n) is 3.37. The summed E-state index contributed by atoms with van der Waals surface area (Å²) in [5.74, 6) is 0.233. The molecule has 0 aromatic carbocycles. The largest absolute Gasteiger partial charge is 0.481 e. The molecule has 0 aliphatic carbocycles. The fourth-order valence-corrected chi connectivity index (χ4v) is 2.15. The number of hydrogen-bond acceptors (Lipinski definition) is 4. The molecule has 0 saturated heterocycles. The highest BCUT2D eigenvalue weighted by molar-refractivity contribution is 5.17. The smallest absolute Gasteiger partial charge is 0.423 e. The van der Waals surface area contributed by atoms with Crippen molar-refractivity contribution in [2.45, 2.75) is 32.6 Å². The average molecular weight is 343 g/mol. The van der Waals surface area contributed by atoms with Gasteiger partial charge in [0.05, 0.1) is 19.3 Å². The van der Waals surface area contributed by atoms with Gasteiger partial charge in [-0.15, -0.1) is 0 Å². The molecule has 0 unspecified atom stereocenters.